The van der Waals surface area contributed by atoms with Crippen LogP contribution in [0.4, 0.5) is 5.69 Å². The predicted molar refractivity (Wildman–Crippen MR) is 80.9 cm³/mol. The fourth-order valence-corrected chi connectivity index (χ4v) is 2.72. The number of likely N-dealkylation sites (tertiary alicyclic amines) is 1. The van der Waals surface area contributed by atoms with Crippen molar-refractivity contribution in [3.05, 3.63) is 29.3 Å². The minimum Gasteiger partial charge on any atom is -0.396 e. The molecule has 1 aromatic rings. The predicted octanol–water partition coefficient (Wildman–Crippen LogP) is 2.37. The van der Waals surface area contributed by atoms with Crippen molar-refractivity contribution in [2.24, 2.45) is 5.92 Å². The minimum absolute atomic E-state index is 0.0239. The van der Waals surface area contributed by atoms with Crippen LogP contribution in [0.2, 0.25) is 5.02 Å². The Morgan fingerprint density at radius 1 is 1.45 bits per heavy atom. The highest BCUT2D eigenvalue weighted by molar-refractivity contribution is 6.33. The van der Waals surface area contributed by atoms with Gasteiger partial charge in [-0.05, 0) is 37.4 Å². The lowest BCUT2D eigenvalue weighted by Crippen LogP contribution is -2.38. The molecule has 2 rings (SSSR count). The summed E-state index contributed by atoms with van der Waals surface area (Å²) in [6.45, 7) is 2.86. The average molecular weight is 297 g/mol. The summed E-state index contributed by atoms with van der Waals surface area (Å²) in [7, 11) is 0. The van der Waals surface area contributed by atoms with Gasteiger partial charge in [-0.3, -0.25) is 4.79 Å². The molecule has 0 aliphatic carbocycles. The van der Waals surface area contributed by atoms with Gasteiger partial charge in [-0.2, -0.15) is 0 Å². The van der Waals surface area contributed by atoms with Crippen molar-refractivity contribution in [2.45, 2.75) is 19.3 Å². The molecule has 1 fully saturated rings. The van der Waals surface area contributed by atoms with Crippen LogP contribution in [0.5, 0.6) is 0 Å². The second kappa shape index (κ2) is 7.62. The molecule has 4 nitrogen and oxygen atoms in total. The third kappa shape index (κ3) is 4.47. The Morgan fingerprint density at radius 3 is 3.00 bits per heavy atom. The van der Waals surface area contributed by atoms with Crippen LogP contribution in [0.3, 0.4) is 0 Å². The Labute approximate surface area is 124 Å². The molecule has 1 aliphatic rings. The van der Waals surface area contributed by atoms with Gasteiger partial charge in [0.25, 0.3) is 0 Å². The zero-order valence-corrected chi connectivity index (χ0v) is 12.3. The number of amides is 1. The van der Waals surface area contributed by atoms with Crippen LogP contribution in [-0.2, 0) is 4.79 Å². The first-order chi connectivity index (χ1) is 9.69. The quantitative estimate of drug-likeness (QED) is 0.877. The Balaban J connectivity index is 1.76. The van der Waals surface area contributed by atoms with Crippen molar-refractivity contribution in [1.29, 1.82) is 0 Å². The smallest absolute Gasteiger partial charge is 0.225 e. The maximum Gasteiger partial charge on any atom is 0.225 e. The van der Waals surface area contributed by atoms with Crippen molar-refractivity contribution < 1.29 is 9.90 Å². The number of piperidine rings is 1. The second-order valence-corrected chi connectivity index (χ2v) is 5.68. The number of halogens is 1. The number of nitrogens with zero attached hydrogens (tertiary/aromatic N) is 1. The molecule has 0 bridgehead atoms. The van der Waals surface area contributed by atoms with Crippen LogP contribution in [-0.4, -0.2) is 42.2 Å². The Bertz CT molecular complexity index is 453. The summed E-state index contributed by atoms with van der Waals surface area (Å²) in [5.74, 6) is 0.333. The standard InChI is InChI=1S/C15H21ClN2O2/c16-13-5-1-2-6-14(13)17-15(20)7-9-18-8-3-4-12(10-18)11-19/h1-2,5-6,12,19H,3-4,7-11H2,(H,17,20). The maximum atomic E-state index is 11.9. The highest BCUT2D eigenvalue weighted by Gasteiger charge is 2.19. The summed E-state index contributed by atoms with van der Waals surface area (Å²) in [5, 5.41) is 12.6. The summed E-state index contributed by atoms with van der Waals surface area (Å²) in [5.41, 5.74) is 0.658. The summed E-state index contributed by atoms with van der Waals surface area (Å²) in [6.07, 6.45) is 2.62. The zero-order valence-electron chi connectivity index (χ0n) is 11.5. The van der Waals surface area contributed by atoms with E-state index in [1.54, 1.807) is 12.1 Å². The zero-order chi connectivity index (χ0) is 14.4. The lowest BCUT2D eigenvalue weighted by Gasteiger charge is -2.31. The van der Waals surface area contributed by atoms with Crippen molar-refractivity contribution in [1.82, 2.24) is 4.90 Å². The van der Waals surface area contributed by atoms with Gasteiger partial charge in [0.15, 0.2) is 0 Å². The van der Waals surface area contributed by atoms with Crippen LogP contribution in [0, 0.1) is 5.92 Å². The molecule has 1 atom stereocenters. The molecule has 0 saturated carbocycles. The lowest BCUT2D eigenvalue weighted by atomic mass is 9.99. The van der Waals surface area contributed by atoms with E-state index in [-0.39, 0.29) is 12.5 Å². The van der Waals surface area contributed by atoms with Gasteiger partial charge in [-0.15, -0.1) is 0 Å². The number of hydrogen-bond donors (Lipinski definition) is 2. The molecule has 1 aliphatic heterocycles. The third-order valence-electron chi connectivity index (χ3n) is 3.66. The van der Waals surface area contributed by atoms with Crippen LogP contribution >= 0.6 is 11.6 Å². The summed E-state index contributed by atoms with van der Waals surface area (Å²) in [6, 6.07) is 7.23. The Hall–Kier alpha value is -1.10. The molecular formula is C15H21ClN2O2. The molecule has 20 heavy (non-hydrogen) atoms. The van der Waals surface area contributed by atoms with Crippen molar-refractivity contribution >= 4 is 23.2 Å². The highest BCUT2D eigenvalue weighted by Crippen LogP contribution is 2.21. The van der Waals surface area contributed by atoms with E-state index in [9.17, 15) is 9.90 Å². The number of carbonyl (C=O) groups is 1. The Morgan fingerprint density at radius 2 is 2.25 bits per heavy atom. The van der Waals surface area contributed by atoms with E-state index in [0.29, 0.717) is 23.0 Å². The number of para-hydroxylation sites is 1. The molecule has 0 spiro atoms. The normalized spacial score (nSPS) is 19.8. The molecule has 1 amide bonds. The number of benzene rings is 1. The average Bonchev–Trinajstić information content (AvgIpc) is 2.48. The first kappa shape index (κ1) is 15.3. The molecular weight excluding hydrogens is 276 g/mol. The molecule has 5 heteroatoms. The SMILES string of the molecule is O=C(CCN1CCCC(CO)C1)Nc1ccccc1Cl. The monoisotopic (exact) mass is 296 g/mol. The lowest BCUT2D eigenvalue weighted by molar-refractivity contribution is -0.116. The van der Waals surface area contributed by atoms with Crippen LogP contribution < -0.4 is 5.32 Å². The minimum atomic E-state index is -0.0239. The Kier molecular flexibility index (Phi) is 5.83. The van der Waals surface area contributed by atoms with Crippen molar-refractivity contribution in [3.8, 4) is 0 Å². The molecule has 1 heterocycles. The van der Waals surface area contributed by atoms with Gasteiger partial charge in [0.2, 0.25) is 5.91 Å². The van der Waals surface area contributed by atoms with Gasteiger partial charge in [-0.25, -0.2) is 0 Å². The first-order valence-electron chi connectivity index (χ1n) is 7.06. The second-order valence-electron chi connectivity index (χ2n) is 5.27. The van der Waals surface area contributed by atoms with E-state index in [1.807, 2.05) is 12.1 Å². The summed E-state index contributed by atoms with van der Waals surface area (Å²) in [4.78, 5) is 14.2. The van der Waals surface area contributed by atoms with Crippen LogP contribution in [0.15, 0.2) is 24.3 Å². The van der Waals surface area contributed by atoms with Gasteiger partial charge in [0.1, 0.15) is 0 Å². The van der Waals surface area contributed by atoms with E-state index < -0.39 is 0 Å². The molecule has 2 N–H and O–H groups in total. The largest absolute Gasteiger partial charge is 0.396 e. The number of carbonyl (C=O) groups excluding carboxylic acids is 1. The number of anilines is 1. The van der Waals surface area contributed by atoms with Crippen molar-refractivity contribution in [2.75, 3.05) is 31.6 Å². The van der Waals surface area contributed by atoms with Gasteiger partial charge in [0, 0.05) is 26.1 Å². The van der Waals surface area contributed by atoms with E-state index >= 15 is 0 Å². The number of rotatable bonds is 5. The molecule has 1 aromatic carbocycles. The number of aliphatic hydroxyl groups is 1. The number of hydrogen-bond acceptors (Lipinski definition) is 3. The van der Waals surface area contributed by atoms with E-state index in [1.165, 1.54) is 0 Å². The molecule has 1 unspecified atom stereocenters. The highest BCUT2D eigenvalue weighted by atomic mass is 35.5. The van der Waals surface area contributed by atoms with Crippen molar-refractivity contribution in [3.63, 3.8) is 0 Å². The number of aliphatic hydroxyl groups excluding tert-OH is 1. The summed E-state index contributed by atoms with van der Waals surface area (Å²) >= 11 is 6.00. The summed E-state index contributed by atoms with van der Waals surface area (Å²) < 4.78 is 0. The van der Waals surface area contributed by atoms with Crippen LogP contribution in [0.25, 0.3) is 0 Å². The third-order valence-corrected chi connectivity index (χ3v) is 3.99. The van der Waals surface area contributed by atoms with Gasteiger partial charge in [-0.1, -0.05) is 23.7 Å². The molecule has 0 aromatic heterocycles. The van der Waals surface area contributed by atoms with E-state index in [4.69, 9.17) is 11.6 Å². The molecule has 110 valence electrons. The van der Waals surface area contributed by atoms with E-state index in [0.717, 1.165) is 32.5 Å². The fourth-order valence-electron chi connectivity index (χ4n) is 2.54. The molecule has 0 radical (unpaired) electrons. The van der Waals surface area contributed by atoms with Gasteiger partial charge >= 0.3 is 0 Å². The maximum absolute atomic E-state index is 11.9. The number of nitrogens with one attached hydrogen (secondary N) is 1. The molecule has 1 saturated heterocycles. The van der Waals surface area contributed by atoms with Crippen LogP contribution in [0.1, 0.15) is 19.3 Å². The van der Waals surface area contributed by atoms with Gasteiger partial charge in [0.05, 0.1) is 10.7 Å². The van der Waals surface area contributed by atoms with E-state index in [2.05, 4.69) is 10.2 Å². The fraction of sp³-hybridized carbons (Fsp3) is 0.533. The topological polar surface area (TPSA) is 52.6 Å². The van der Waals surface area contributed by atoms with Gasteiger partial charge < -0.3 is 15.3 Å². The first-order valence-corrected chi connectivity index (χ1v) is 7.44.